The maximum Gasteiger partial charge on any atom is 0.394 e. The summed E-state index contributed by atoms with van der Waals surface area (Å²) in [6.07, 6.45) is 13.0. The van der Waals surface area contributed by atoms with Crippen molar-refractivity contribution in [2.24, 2.45) is 11.8 Å². The number of amides is 2. The molecular formula is C28H37N3O5. The first-order valence-corrected chi connectivity index (χ1v) is 13.6. The number of nitrogens with zero attached hydrogens (tertiary/aromatic N) is 2. The number of nitrogens with one attached hydrogen (secondary N) is 1. The molecule has 2 saturated carbocycles. The molecule has 2 aliphatic carbocycles. The molecule has 4 bridgehead atoms. The predicted molar refractivity (Wildman–Crippen MR) is 136 cm³/mol. The first-order chi connectivity index (χ1) is 17.3. The molecule has 1 aromatic rings. The van der Waals surface area contributed by atoms with Crippen molar-refractivity contribution in [3.8, 4) is 0 Å². The summed E-state index contributed by atoms with van der Waals surface area (Å²) in [5, 5.41) is 11.5. The van der Waals surface area contributed by atoms with Gasteiger partial charge in [-0.2, -0.15) is 0 Å². The summed E-state index contributed by atoms with van der Waals surface area (Å²) in [4.78, 5) is 53.1. The van der Waals surface area contributed by atoms with Gasteiger partial charge in [-0.25, -0.2) is 4.79 Å². The lowest BCUT2D eigenvalue weighted by Crippen LogP contribution is -2.62. The van der Waals surface area contributed by atoms with Gasteiger partial charge in [-0.1, -0.05) is 37.8 Å². The van der Waals surface area contributed by atoms with Crippen molar-refractivity contribution in [1.29, 1.82) is 0 Å². The number of ketones is 1. The number of anilines is 2. The lowest BCUT2D eigenvalue weighted by atomic mass is 9.68. The molecule has 8 heteroatoms. The zero-order valence-electron chi connectivity index (χ0n) is 21.0. The molecule has 2 heterocycles. The zero-order chi connectivity index (χ0) is 25.4. The van der Waals surface area contributed by atoms with Gasteiger partial charge in [0.05, 0.1) is 11.4 Å². The van der Waals surface area contributed by atoms with Crippen molar-refractivity contribution >= 4 is 34.9 Å². The highest BCUT2D eigenvalue weighted by atomic mass is 16.4. The molecule has 0 unspecified atom stereocenters. The van der Waals surface area contributed by atoms with Gasteiger partial charge in [-0.15, -0.1) is 0 Å². The van der Waals surface area contributed by atoms with E-state index in [4.69, 9.17) is 5.11 Å². The summed E-state index contributed by atoms with van der Waals surface area (Å²) < 4.78 is 0. The third-order valence-corrected chi connectivity index (χ3v) is 9.02. The maximum absolute atomic E-state index is 13.3. The van der Waals surface area contributed by atoms with E-state index >= 15 is 0 Å². The summed E-state index contributed by atoms with van der Waals surface area (Å²) in [7, 11) is 0. The summed E-state index contributed by atoms with van der Waals surface area (Å²) in [5.41, 5.74) is 0.614. The minimum Gasteiger partial charge on any atom is -0.474 e. The largest absolute Gasteiger partial charge is 0.474 e. The fourth-order valence-electron chi connectivity index (χ4n) is 7.74. The van der Waals surface area contributed by atoms with Gasteiger partial charge in [0.15, 0.2) is 0 Å². The highest BCUT2D eigenvalue weighted by molar-refractivity contribution is 6.41. The molecule has 4 fully saturated rings. The van der Waals surface area contributed by atoms with Crippen LogP contribution in [-0.4, -0.2) is 57.7 Å². The van der Waals surface area contributed by atoms with Gasteiger partial charge in [-0.3, -0.25) is 19.3 Å². The third-order valence-electron chi connectivity index (χ3n) is 9.02. The van der Waals surface area contributed by atoms with E-state index < -0.39 is 23.6 Å². The second kappa shape index (κ2) is 10.3. The van der Waals surface area contributed by atoms with Crippen LogP contribution in [0.15, 0.2) is 24.3 Å². The van der Waals surface area contributed by atoms with E-state index in [1.54, 1.807) is 24.3 Å². The summed E-state index contributed by atoms with van der Waals surface area (Å²) in [6.45, 7) is 1.27. The molecule has 0 spiro atoms. The monoisotopic (exact) mass is 495 g/mol. The Bertz CT molecular complexity index is 1020. The van der Waals surface area contributed by atoms with E-state index in [2.05, 4.69) is 10.2 Å². The van der Waals surface area contributed by atoms with Crippen LogP contribution in [-0.2, 0) is 19.2 Å². The highest BCUT2D eigenvalue weighted by Crippen LogP contribution is 2.47. The third kappa shape index (κ3) is 4.92. The van der Waals surface area contributed by atoms with Gasteiger partial charge < -0.3 is 15.3 Å². The fraction of sp³-hybridized carbons (Fsp3) is 0.643. The molecule has 36 heavy (non-hydrogen) atoms. The molecule has 0 aromatic heterocycles. The van der Waals surface area contributed by atoms with E-state index in [1.165, 1.54) is 56.8 Å². The van der Waals surface area contributed by atoms with Gasteiger partial charge in [-0.05, 0) is 68.9 Å². The van der Waals surface area contributed by atoms with Crippen LogP contribution in [0.1, 0.15) is 77.6 Å². The number of carboxylic acid groups (broad SMARTS) is 1. The Balaban J connectivity index is 1.42. The van der Waals surface area contributed by atoms with E-state index in [1.807, 2.05) is 0 Å². The number of hydrogen-bond acceptors (Lipinski definition) is 5. The Morgan fingerprint density at radius 3 is 2.08 bits per heavy atom. The van der Waals surface area contributed by atoms with Crippen molar-refractivity contribution in [3.05, 3.63) is 24.3 Å². The highest BCUT2D eigenvalue weighted by Gasteiger charge is 2.47. The van der Waals surface area contributed by atoms with Crippen molar-refractivity contribution < 1.29 is 24.3 Å². The second-order valence-corrected chi connectivity index (χ2v) is 11.3. The summed E-state index contributed by atoms with van der Waals surface area (Å²) >= 11 is 0. The molecule has 5 rings (SSSR count). The average Bonchev–Trinajstić information content (AvgIpc) is 2.84. The van der Waals surface area contributed by atoms with E-state index in [0.29, 0.717) is 23.8 Å². The number of carbonyl (C=O) groups is 4. The Kier molecular flexibility index (Phi) is 7.15. The lowest BCUT2D eigenvalue weighted by Gasteiger charge is -2.56. The molecule has 2 N–H and O–H groups in total. The van der Waals surface area contributed by atoms with Gasteiger partial charge in [0, 0.05) is 31.1 Å². The second-order valence-electron chi connectivity index (χ2n) is 11.3. The molecule has 8 nitrogen and oxygen atoms in total. The quantitative estimate of drug-likeness (QED) is 0.599. The zero-order valence-corrected chi connectivity index (χ0v) is 21.0. The molecule has 4 aliphatic rings. The Hall–Kier alpha value is -2.74. The van der Waals surface area contributed by atoms with E-state index in [9.17, 15) is 19.2 Å². The first kappa shape index (κ1) is 24.9. The van der Waals surface area contributed by atoms with Crippen LogP contribution >= 0.6 is 0 Å². The van der Waals surface area contributed by atoms with Crippen LogP contribution in [0, 0.1) is 11.8 Å². The number of Topliss-reactive ketones (excluding diaryl/α,β-unsaturated/α-hetero) is 1. The number of benzene rings is 1. The number of rotatable bonds is 5. The van der Waals surface area contributed by atoms with E-state index in [0.717, 1.165) is 37.5 Å². The number of aliphatic carboxylic acids is 1. The minimum absolute atomic E-state index is 0.182. The van der Waals surface area contributed by atoms with Crippen LogP contribution in [0.3, 0.4) is 0 Å². The lowest BCUT2D eigenvalue weighted by molar-refractivity contribution is -0.147. The van der Waals surface area contributed by atoms with Crippen LogP contribution in [0.2, 0.25) is 0 Å². The van der Waals surface area contributed by atoms with Gasteiger partial charge in [0.2, 0.25) is 5.78 Å². The number of fused-ring (bicyclic) bond motifs is 4. The van der Waals surface area contributed by atoms with Crippen molar-refractivity contribution in [3.63, 3.8) is 0 Å². The molecular weight excluding hydrogens is 458 g/mol. The molecule has 0 radical (unpaired) electrons. The van der Waals surface area contributed by atoms with Crippen molar-refractivity contribution in [2.45, 2.75) is 102 Å². The number of carboxylic acids is 1. The molecule has 1 aromatic carbocycles. The van der Waals surface area contributed by atoms with Gasteiger partial charge in [0.1, 0.15) is 0 Å². The summed E-state index contributed by atoms with van der Waals surface area (Å²) in [6, 6.07) is 7.85. The van der Waals surface area contributed by atoms with Crippen LogP contribution in [0.25, 0.3) is 0 Å². The molecule has 2 aliphatic heterocycles. The smallest absolute Gasteiger partial charge is 0.394 e. The van der Waals surface area contributed by atoms with Crippen LogP contribution < -0.4 is 10.2 Å². The Morgan fingerprint density at radius 1 is 0.861 bits per heavy atom. The molecule has 6 atom stereocenters. The standard InChI is InChI=1S/C28H37N3O5/c1-17(32)27(34)31(25-11-3-2-10-24(25)29-26(33)28(35)36)23-15-20-8-5-9-21(16-23)30(20)22-13-18-6-4-7-19(12-18)14-22/h2-3,10-11,18-23H,4-9,12-16H2,1H3,(H,29,33)(H,35,36)/t18-,19+,20-,21+,22+,23+. The van der Waals surface area contributed by atoms with E-state index in [-0.39, 0.29) is 11.7 Å². The number of piperidine rings is 2. The number of para-hydroxylation sites is 2. The SMILES string of the molecule is CC(=O)C(=O)N(c1ccccc1NC(=O)C(=O)O)[C@H]1C[C@H]2CCC[C@@H](C1)N2[C@H]1C[C@@H]2CCC[C@@H](C2)C1. The molecule has 2 amide bonds. The Morgan fingerprint density at radius 2 is 1.47 bits per heavy atom. The normalized spacial score (nSPS) is 31.8. The van der Waals surface area contributed by atoms with Crippen molar-refractivity contribution in [1.82, 2.24) is 4.90 Å². The van der Waals surface area contributed by atoms with Crippen molar-refractivity contribution in [2.75, 3.05) is 10.2 Å². The predicted octanol–water partition coefficient (Wildman–Crippen LogP) is 3.99. The maximum atomic E-state index is 13.3. The minimum atomic E-state index is -1.60. The van der Waals surface area contributed by atoms with Gasteiger partial charge in [0.25, 0.3) is 5.91 Å². The van der Waals surface area contributed by atoms with Crippen LogP contribution in [0.5, 0.6) is 0 Å². The van der Waals surface area contributed by atoms with Crippen LogP contribution in [0.4, 0.5) is 11.4 Å². The number of hydrogen-bond donors (Lipinski definition) is 2. The average molecular weight is 496 g/mol. The number of carbonyl (C=O) groups excluding carboxylic acids is 3. The molecule has 194 valence electrons. The first-order valence-electron chi connectivity index (χ1n) is 13.6. The summed E-state index contributed by atoms with van der Waals surface area (Å²) in [5.74, 6) is -2.26. The fourth-order valence-corrected chi connectivity index (χ4v) is 7.74. The Labute approximate surface area is 212 Å². The molecule has 2 saturated heterocycles. The topological polar surface area (TPSA) is 107 Å². The van der Waals surface area contributed by atoms with Gasteiger partial charge >= 0.3 is 11.9 Å².